The zero-order valence-electron chi connectivity index (χ0n) is 9.80. The lowest BCUT2D eigenvalue weighted by atomic mass is 10.2. The molecule has 3 nitrogen and oxygen atoms in total. The van der Waals surface area contributed by atoms with Crippen LogP contribution < -0.4 is 11.1 Å². The second kappa shape index (κ2) is 5.49. The normalized spacial score (nSPS) is 11.4. The average molecular weight is 367 g/mol. The topological polar surface area (TPSA) is 50.9 Å². The smallest absolute Gasteiger partial charge is 0.397 e. The number of nitrogens with two attached hydrogens (primary N) is 1. The second-order valence-electron chi connectivity index (χ2n) is 3.92. The Balaban J connectivity index is 2.38. The van der Waals surface area contributed by atoms with E-state index in [4.69, 9.17) is 17.3 Å². The van der Waals surface area contributed by atoms with Crippen molar-refractivity contribution < 1.29 is 13.2 Å². The number of anilines is 3. The Kier molecular flexibility index (Phi) is 4.10. The van der Waals surface area contributed by atoms with E-state index in [1.54, 1.807) is 6.07 Å². The van der Waals surface area contributed by atoms with Crippen LogP contribution in [0, 0.1) is 0 Å². The van der Waals surface area contributed by atoms with Crippen LogP contribution in [0.2, 0.25) is 5.02 Å². The molecule has 1 aromatic carbocycles. The molecule has 0 atom stereocenters. The van der Waals surface area contributed by atoms with Crippen LogP contribution in [0.5, 0.6) is 0 Å². The van der Waals surface area contributed by atoms with Gasteiger partial charge < -0.3 is 11.1 Å². The van der Waals surface area contributed by atoms with E-state index in [0.29, 0.717) is 16.0 Å². The lowest BCUT2D eigenvalue weighted by Crippen LogP contribution is -2.06. The largest absolute Gasteiger partial charge is 0.416 e. The van der Waals surface area contributed by atoms with Gasteiger partial charge >= 0.3 is 6.18 Å². The molecule has 1 heterocycles. The van der Waals surface area contributed by atoms with Gasteiger partial charge in [-0.1, -0.05) is 11.6 Å². The number of rotatable bonds is 2. The summed E-state index contributed by atoms with van der Waals surface area (Å²) in [6.07, 6.45) is -3.05. The molecule has 8 heteroatoms. The molecule has 0 aliphatic carbocycles. The molecule has 1 aromatic heterocycles. The van der Waals surface area contributed by atoms with Gasteiger partial charge in [-0.3, -0.25) is 0 Å². The van der Waals surface area contributed by atoms with Gasteiger partial charge in [-0.25, -0.2) is 4.98 Å². The maximum Gasteiger partial charge on any atom is 0.416 e. The molecular weight excluding hydrogens is 359 g/mol. The number of hydrogen-bond acceptors (Lipinski definition) is 3. The lowest BCUT2D eigenvalue weighted by molar-refractivity contribution is -0.137. The van der Waals surface area contributed by atoms with E-state index in [1.807, 2.05) is 0 Å². The molecule has 0 bridgehead atoms. The van der Waals surface area contributed by atoms with Crippen LogP contribution in [-0.2, 0) is 6.18 Å². The zero-order valence-corrected chi connectivity index (χ0v) is 12.1. The number of nitrogens with zero attached hydrogens (tertiary/aromatic N) is 1. The number of alkyl halides is 3. The number of hydrogen-bond donors (Lipinski definition) is 2. The van der Waals surface area contributed by atoms with E-state index in [1.165, 1.54) is 12.3 Å². The Bertz CT molecular complexity index is 646. The maximum absolute atomic E-state index is 12.7. The molecule has 0 unspecified atom stereocenters. The minimum atomic E-state index is -4.44. The van der Waals surface area contributed by atoms with Crippen molar-refractivity contribution in [2.24, 2.45) is 0 Å². The van der Waals surface area contributed by atoms with Crippen LogP contribution in [0.25, 0.3) is 0 Å². The van der Waals surface area contributed by atoms with Crippen LogP contribution >= 0.6 is 27.5 Å². The summed E-state index contributed by atoms with van der Waals surface area (Å²) < 4.78 is 38.5. The fourth-order valence-electron chi connectivity index (χ4n) is 1.47. The van der Waals surface area contributed by atoms with Gasteiger partial charge in [0.2, 0.25) is 0 Å². The monoisotopic (exact) mass is 365 g/mol. The molecular formula is C12H8BrClF3N3. The molecule has 0 amide bonds. The first kappa shape index (κ1) is 14.9. The van der Waals surface area contributed by atoms with Crippen molar-refractivity contribution in [2.45, 2.75) is 6.18 Å². The predicted octanol–water partition coefficient (Wildman–Crippen LogP) is 4.84. The van der Waals surface area contributed by atoms with E-state index in [2.05, 4.69) is 26.2 Å². The van der Waals surface area contributed by atoms with Crippen molar-refractivity contribution in [3.8, 4) is 0 Å². The molecule has 2 aromatic rings. The van der Waals surface area contributed by atoms with E-state index in [9.17, 15) is 13.2 Å². The maximum atomic E-state index is 12.7. The summed E-state index contributed by atoms with van der Waals surface area (Å²) in [7, 11) is 0. The molecule has 3 N–H and O–H groups in total. The summed E-state index contributed by atoms with van der Waals surface area (Å²) in [5, 5.41) is 2.89. The van der Waals surface area contributed by atoms with Crippen molar-refractivity contribution in [3.05, 3.63) is 45.5 Å². The van der Waals surface area contributed by atoms with Crippen LogP contribution in [0.15, 0.2) is 34.9 Å². The number of aromatic nitrogens is 1. The molecule has 0 saturated carbocycles. The Morgan fingerprint density at radius 2 is 1.95 bits per heavy atom. The summed E-state index contributed by atoms with van der Waals surface area (Å²) >= 11 is 9.10. The minimum Gasteiger partial charge on any atom is -0.397 e. The van der Waals surface area contributed by atoms with E-state index < -0.39 is 11.7 Å². The summed E-state index contributed by atoms with van der Waals surface area (Å²) in [5.74, 6) is 0.320. The van der Waals surface area contributed by atoms with Crippen LogP contribution in [0.3, 0.4) is 0 Å². The number of nitrogens with one attached hydrogen (secondary N) is 1. The summed E-state index contributed by atoms with van der Waals surface area (Å²) in [4.78, 5) is 3.98. The highest BCUT2D eigenvalue weighted by Crippen LogP contribution is 2.35. The molecule has 2 rings (SSSR count). The SMILES string of the molecule is Nc1cnc(Nc2cc(C(F)(F)F)ccc2Cl)c(Br)c1. The summed E-state index contributed by atoms with van der Waals surface area (Å²) in [5.41, 5.74) is 5.28. The number of pyridine rings is 1. The molecule has 0 fully saturated rings. The Morgan fingerprint density at radius 1 is 1.25 bits per heavy atom. The summed E-state index contributed by atoms with van der Waals surface area (Å²) in [6, 6.07) is 4.60. The van der Waals surface area contributed by atoms with Crippen LogP contribution in [0.4, 0.5) is 30.4 Å². The average Bonchev–Trinajstić information content (AvgIpc) is 2.33. The fraction of sp³-hybridized carbons (Fsp3) is 0.0833. The van der Waals surface area contributed by atoms with Gasteiger partial charge in [-0.2, -0.15) is 13.2 Å². The van der Waals surface area contributed by atoms with Crippen LogP contribution in [0.1, 0.15) is 5.56 Å². The van der Waals surface area contributed by atoms with Gasteiger partial charge in [0, 0.05) is 0 Å². The van der Waals surface area contributed by atoms with Crippen molar-refractivity contribution in [3.63, 3.8) is 0 Å². The second-order valence-corrected chi connectivity index (χ2v) is 5.18. The molecule has 0 aliphatic rings. The van der Waals surface area contributed by atoms with Gasteiger partial charge in [0.15, 0.2) is 0 Å². The number of benzene rings is 1. The molecule has 0 spiro atoms. The quantitative estimate of drug-likeness (QED) is 0.799. The highest BCUT2D eigenvalue weighted by atomic mass is 79.9. The fourth-order valence-corrected chi connectivity index (χ4v) is 2.10. The molecule has 0 radical (unpaired) electrons. The van der Waals surface area contributed by atoms with Gasteiger partial charge in [0.25, 0.3) is 0 Å². The first-order chi connectivity index (χ1) is 9.27. The number of nitrogen functional groups attached to an aromatic ring is 1. The van der Waals surface area contributed by atoms with E-state index in [-0.39, 0.29) is 10.7 Å². The molecule has 0 aliphatic heterocycles. The van der Waals surface area contributed by atoms with Crippen molar-refractivity contribution in [2.75, 3.05) is 11.1 Å². The van der Waals surface area contributed by atoms with Gasteiger partial charge in [-0.15, -0.1) is 0 Å². The molecule has 0 saturated heterocycles. The Labute approximate surface area is 126 Å². The highest BCUT2D eigenvalue weighted by Gasteiger charge is 2.31. The third-order valence-corrected chi connectivity index (χ3v) is 3.34. The molecule has 20 heavy (non-hydrogen) atoms. The lowest BCUT2D eigenvalue weighted by Gasteiger charge is -2.13. The third-order valence-electron chi connectivity index (χ3n) is 2.41. The van der Waals surface area contributed by atoms with Gasteiger partial charge in [0.05, 0.1) is 32.6 Å². The zero-order chi connectivity index (χ0) is 14.9. The van der Waals surface area contributed by atoms with Crippen molar-refractivity contribution in [1.29, 1.82) is 0 Å². The number of halogens is 5. The Morgan fingerprint density at radius 3 is 2.55 bits per heavy atom. The first-order valence-electron chi connectivity index (χ1n) is 5.32. The summed E-state index contributed by atoms with van der Waals surface area (Å²) in [6.45, 7) is 0. The van der Waals surface area contributed by atoms with Gasteiger partial charge in [0.1, 0.15) is 5.82 Å². The van der Waals surface area contributed by atoms with Gasteiger partial charge in [-0.05, 0) is 40.2 Å². The predicted molar refractivity (Wildman–Crippen MR) is 76.1 cm³/mol. The van der Waals surface area contributed by atoms with Crippen LogP contribution in [-0.4, -0.2) is 4.98 Å². The highest BCUT2D eigenvalue weighted by molar-refractivity contribution is 9.10. The Hall–Kier alpha value is -1.47. The van der Waals surface area contributed by atoms with Crippen molar-refractivity contribution >= 4 is 44.7 Å². The standard InChI is InChI=1S/C12H8BrClF3N3/c13-8-4-7(18)5-19-11(8)20-10-3-6(12(15,16)17)1-2-9(10)14/h1-5H,18H2,(H,19,20). The molecule has 106 valence electrons. The minimum absolute atomic E-state index is 0.111. The first-order valence-corrected chi connectivity index (χ1v) is 6.49. The van der Waals surface area contributed by atoms with E-state index >= 15 is 0 Å². The van der Waals surface area contributed by atoms with Crippen molar-refractivity contribution in [1.82, 2.24) is 4.98 Å². The van der Waals surface area contributed by atoms with E-state index in [0.717, 1.165) is 12.1 Å². The third kappa shape index (κ3) is 3.34.